The second-order valence-electron chi connectivity index (χ2n) is 12.8. The Bertz CT molecular complexity index is 845. The van der Waals surface area contributed by atoms with E-state index >= 15 is 0 Å². The molecule has 0 aliphatic carbocycles. The van der Waals surface area contributed by atoms with Crippen molar-refractivity contribution in [3.63, 3.8) is 0 Å². The van der Waals surface area contributed by atoms with Gasteiger partial charge in [-0.2, -0.15) is 0 Å². The predicted molar refractivity (Wildman–Crippen MR) is 140 cm³/mol. The standard InChI is InChI=1S/C29H44O2Se/c1-26(2,3)22(30)16-20(17-23(31)27(4,5)6)14-13-15-21-18-24(28(7,8)9)32-25(19-21)29(10,11)12/h13-16,18-19H,17H2,1-12H3/b14-13+,20-16-. The number of carbonyl (C=O) groups excluding carboxylic acids is 2. The molecular formula is C29H44O2Se. The van der Waals surface area contributed by atoms with Crippen LogP contribution < -0.4 is 0 Å². The molecule has 0 fully saturated rings. The number of rotatable bonds is 5. The van der Waals surface area contributed by atoms with E-state index in [1.165, 1.54) is 14.5 Å². The van der Waals surface area contributed by atoms with Gasteiger partial charge in [0.05, 0.1) is 0 Å². The monoisotopic (exact) mass is 504 g/mol. The van der Waals surface area contributed by atoms with E-state index in [1.807, 2.05) is 53.7 Å². The molecule has 0 amide bonds. The second-order valence-corrected chi connectivity index (χ2v) is 15.1. The van der Waals surface area contributed by atoms with Crippen LogP contribution in [0.1, 0.15) is 89.5 Å². The van der Waals surface area contributed by atoms with Gasteiger partial charge in [-0.15, -0.1) is 0 Å². The molecule has 2 nitrogen and oxygen atoms in total. The Kier molecular flexibility index (Phi) is 9.14. The summed E-state index contributed by atoms with van der Waals surface area (Å²) in [7, 11) is 0. The Balaban J connectivity index is 3.36. The van der Waals surface area contributed by atoms with E-state index in [0.29, 0.717) is 15.0 Å². The molecule has 1 aliphatic rings. The first-order valence-electron chi connectivity index (χ1n) is 11.5. The number of Topliss-reactive ketones (excluding diaryl/α,β-unsaturated/α-hetero) is 1. The second kappa shape index (κ2) is 10.2. The van der Waals surface area contributed by atoms with E-state index in [4.69, 9.17) is 0 Å². The molecule has 0 saturated heterocycles. The van der Waals surface area contributed by atoms with Gasteiger partial charge in [0.2, 0.25) is 0 Å². The maximum atomic E-state index is 12.7. The molecule has 0 aromatic heterocycles. The summed E-state index contributed by atoms with van der Waals surface area (Å²) in [6.07, 6.45) is 12.5. The molecule has 1 rings (SSSR count). The molecule has 0 aromatic rings. The summed E-state index contributed by atoms with van der Waals surface area (Å²) in [5, 5.41) is 0. The summed E-state index contributed by atoms with van der Waals surface area (Å²) in [6, 6.07) is 0. The van der Waals surface area contributed by atoms with Crippen molar-refractivity contribution < 1.29 is 9.59 Å². The molecule has 0 N–H and O–H groups in total. The van der Waals surface area contributed by atoms with Crippen molar-refractivity contribution in [2.45, 2.75) is 89.5 Å². The Morgan fingerprint density at radius 3 is 1.62 bits per heavy atom. The maximum absolute atomic E-state index is 12.7. The molecule has 1 aliphatic heterocycles. The number of hydrogen-bond donors (Lipinski definition) is 0. The van der Waals surface area contributed by atoms with Crippen molar-refractivity contribution in [3.05, 3.63) is 56.5 Å². The number of carbonyl (C=O) groups is 2. The van der Waals surface area contributed by atoms with Gasteiger partial charge in [-0.1, -0.05) is 0 Å². The van der Waals surface area contributed by atoms with Gasteiger partial charge >= 0.3 is 204 Å². The quantitative estimate of drug-likeness (QED) is 0.220. The fraction of sp³-hybridized carbons (Fsp3) is 0.586. The van der Waals surface area contributed by atoms with Crippen molar-refractivity contribution in [2.24, 2.45) is 21.7 Å². The summed E-state index contributed by atoms with van der Waals surface area (Å²) in [5.41, 5.74) is 1.31. The molecule has 0 unspecified atom stereocenters. The number of ketones is 2. The molecule has 32 heavy (non-hydrogen) atoms. The topological polar surface area (TPSA) is 34.1 Å². The van der Waals surface area contributed by atoms with E-state index in [2.05, 4.69) is 59.8 Å². The minimum absolute atomic E-state index is 0.0386. The molecular weight excluding hydrogens is 459 g/mol. The average molecular weight is 504 g/mol. The molecule has 3 heteroatoms. The van der Waals surface area contributed by atoms with Crippen LogP contribution >= 0.6 is 0 Å². The normalized spacial score (nSPS) is 16.8. The zero-order valence-corrected chi connectivity index (χ0v) is 24.1. The summed E-state index contributed by atoms with van der Waals surface area (Å²) in [4.78, 5) is 25.3. The summed E-state index contributed by atoms with van der Waals surface area (Å²) in [6.45, 7) is 25.1. The van der Waals surface area contributed by atoms with E-state index < -0.39 is 10.8 Å². The SMILES string of the molecule is CC(C)(C)C(=O)/C=C(/C=C/C=C1C=C(C(C)(C)C)[Se]C(C(C)(C)C)=C1)CC(=O)C(C)(C)C. The summed E-state index contributed by atoms with van der Waals surface area (Å²) in [5.74, 6) is 0.171. The van der Waals surface area contributed by atoms with Crippen LogP contribution in [0.15, 0.2) is 56.5 Å². The molecule has 1 heterocycles. The van der Waals surface area contributed by atoms with Crippen molar-refractivity contribution in [1.82, 2.24) is 0 Å². The Morgan fingerprint density at radius 2 is 1.25 bits per heavy atom. The van der Waals surface area contributed by atoms with Crippen LogP contribution in [0.2, 0.25) is 0 Å². The number of hydrogen-bond acceptors (Lipinski definition) is 2. The van der Waals surface area contributed by atoms with Crippen LogP contribution in [0.5, 0.6) is 0 Å². The third-order valence-corrected chi connectivity index (χ3v) is 9.14. The third kappa shape index (κ3) is 9.20. The molecule has 0 aromatic carbocycles. The van der Waals surface area contributed by atoms with E-state index in [1.54, 1.807) is 6.08 Å². The molecule has 0 radical (unpaired) electrons. The first kappa shape index (κ1) is 28.6. The van der Waals surface area contributed by atoms with Crippen LogP contribution in [0.25, 0.3) is 0 Å². The third-order valence-electron chi connectivity index (χ3n) is 5.15. The molecule has 0 saturated carbocycles. The first-order valence-corrected chi connectivity index (χ1v) is 13.2. The zero-order chi connectivity index (χ0) is 25.1. The van der Waals surface area contributed by atoms with E-state index in [-0.39, 0.29) is 28.8 Å². The Hall–Kier alpha value is -1.44. The van der Waals surface area contributed by atoms with Gasteiger partial charge in [0, 0.05) is 0 Å². The van der Waals surface area contributed by atoms with Crippen LogP contribution in [0.4, 0.5) is 0 Å². The van der Waals surface area contributed by atoms with Gasteiger partial charge in [0.1, 0.15) is 0 Å². The Morgan fingerprint density at radius 1 is 0.781 bits per heavy atom. The van der Waals surface area contributed by atoms with Crippen LogP contribution in [0, 0.1) is 21.7 Å². The van der Waals surface area contributed by atoms with E-state index in [0.717, 1.165) is 5.57 Å². The molecule has 178 valence electrons. The van der Waals surface area contributed by atoms with Crippen molar-refractivity contribution in [2.75, 3.05) is 0 Å². The summed E-state index contributed by atoms with van der Waals surface area (Å²) < 4.78 is 2.97. The predicted octanol–water partition coefficient (Wildman–Crippen LogP) is 7.59. The first-order chi connectivity index (χ1) is 14.2. The van der Waals surface area contributed by atoms with Crippen LogP contribution in [-0.4, -0.2) is 26.5 Å². The van der Waals surface area contributed by atoms with Gasteiger partial charge in [-0.3, -0.25) is 0 Å². The minimum atomic E-state index is -0.470. The van der Waals surface area contributed by atoms with Crippen LogP contribution in [-0.2, 0) is 9.59 Å². The fourth-order valence-corrected chi connectivity index (χ4v) is 5.23. The zero-order valence-electron chi connectivity index (χ0n) is 22.4. The van der Waals surface area contributed by atoms with Crippen molar-refractivity contribution in [1.29, 1.82) is 0 Å². The van der Waals surface area contributed by atoms with Gasteiger partial charge in [-0.05, 0) is 0 Å². The molecule has 0 bridgehead atoms. The number of allylic oxidation sites excluding steroid dienone is 10. The Labute approximate surface area is 203 Å². The van der Waals surface area contributed by atoms with Gasteiger partial charge in [0.15, 0.2) is 0 Å². The van der Waals surface area contributed by atoms with Gasteiger partial charge in [0.25, 0.3) is 0 Å². The summed E-state index contributed by atoms with van der Waals surface area (Å²) >= 11 is 0.348. The van der Waals surface area contributed by atoms with Gasteiger partial charge < -0.3 is 0 Å². The van der Waals surface area contributed by atoms with E-state index in [9.17, 15) is 9.59 Å². The van der Waals surface area contributed by atoms with Crippen molar-refractivity contribution >= 4 is 26.5 Å². The average Bonchev–Trinajstić information content (AvgIpc) is 2.58. The van der Waals surface area contributed by atoms with Crippen molar-refractivity contribution in [3.8, 4) is 0 Å². The van der Waals surface area contributed by atoms with Crippen LogP contribution in [0.3, 0.4) is 0 Å². The van der Waals surface area contributed by atoms with Gasteiger partial charge in [-0.25, -0.2) is 0 Å². The molecule has 0 spiro atoms. The fourth-order valence-electron chi connectivity index (χ4n) is 2.63. The molecule has 0 atom stereocenters.